The van der Waals surface area contributed by atoms with Gasteiger partial charge in [0.1, 0.15) is 12.6 Å². The van der Waals surface area contributed by atoms with E-state index in [1.807, 2.05) is 42.3 Å². The Bertz CT molecular complexity index is 367. The molecule has 0 saturated carbocycles. The summed E-state index contributed by atoms with van der Waals surface area (Å²) in [5, 5.41) is 3.20. The molecule has 0 amide bonds. The Kier molecular flexibility index (Phi) is 4.12. The minimum atomic E-state index is -0.160. The van der Waals surface area contributed by atoms with E-state index in [2.05, 4.69) is 5.32 Å². The number of esters is 1. The Morgan fingerprint density at radius 1 is 1.47 bits per heavy atom. The summed E-state index contributed by atoms with van der Waals surface area (Å²) in [5.74, 6) is -0.149. The molecule has 1 aliphatic heterocycles. The van der Waals surface area contributed by atoms with E-state index in [0.29, 0.717) is 13.2 Å². The summed E-state index contributed by atoms with van der Waals surface area (Å²) in [4.78, 5) is 13.9. The topological polar surface area (TPSA) is 41.6 Å². The number of likely N-dealkylation sites (N-methyl/N-ethyl adjacent to an activating group) is 1. The molecule has 1 aromatic carbocycles. The Labute approximate surface area is 102 Å². The van der Waals surface area contributed by atoms with E-state index >= 15 is 0 Å². The third-order valence-corrected chi connectivity index (χ3v) is 3.01. The van der Waals surface area contributed by atoms with Gasteiger partial charge in [-0.3, -0.25) is 9.69 Å². The number of nitrogens with one attached hydrogen (secondary N) is 1. The number of ether oxygens (including phenoxy) is 1. The first-order valence-corrected chi connectivity index (χ1v) is 5.89. The van der Waals surface area contributed by atoms with Crippen molar-refractivity contribution < 1.29 is 9.53 Å². The van der Waals surface area contributed by atoms with E-state index in [1.165, 1.54) is 0 Å². The van der Waals surface area contributed by atoms with E-state index < -0.39 is 0 Å². The van der Waals surface area contributed by atoms with Crippen LogP contribution in [0.3, 0.4) is 0 Å². The van der Waals surface area contributed by atoms with Gasteiger partial charge in [-0.05, 0) is 12.6 Å². The van der Waals surface area contributed by atoms with Crippen molar-refractivity contribution in [2.45, 2.75) is 12.6 Å². The monoisotopic (exact) mass is 234 g/mol. The van der Waals surface area contributed by atoms with Crippen molar-refractivity contribution in [3.8, 4) is 0 Å². The van der Waals surface area contributed by atoms with Gasteiger partial charge in [-0.2, -0.15) is 0 Å². The van der Waals surface area contributed by atoms with Gasteiger partial charge < -0.3 is 10.1 Å². The van der Waals surface area contributed by atoms with Gasteiger partial charge in [-0.15, -0.1) is 0 Å². The molecule has 0 bridgehead atoms. The van der Waals surface area contributed by atoms with Crippen molar-refractivity contribution in [2.75, 3.05) is 26.7 Å². The fourth-order valence-corrected chi connectivity index (χ4v) is 1.89. The smallest absolute Gasteiger partial charge is 0.325 e. The highest BCUT2D eigenvalue weighted by Gasteiger charge is 2.26. The van der Waals surface area contributed by atoms with Crippen LogP contribution < -0.4 is 5.32 Å². The molecule has 0 radical (unpaired) electrons. The SMILES string of the molecule is CN1CCNCC1C(=O)OCc1ccccc1. The molecule has 17 heavy (non-hydrogen) atoms. The number of benzene rings is 1. The molecular weight excluding hydrogens is 216 g/mol. The lowest BCUT2D eigenvalue weighted by Crippen LogP contribution is -2.53. The summed E-state index contributed by atoms with van der Waals surface area (Å²) in [6, 6.07) is 9.58. The fraction of sp³-hybridized carbons (Fsp3) is 0.462. The van der Waals surface area contributed by atoms with Crippen LogP contribution >= 0.6 is 0 Å². The normalized spacial score (nSPS) is 21.1. The van der Waals surface area contributed by atoms with Crippen molar-refractivity contribution >= 4 is 5.97 Å². The number of piperazine rings is 1. The minimum Gasteiger partial charge on any atom is -0.460 e. The number of nitrogens with zero attached hydrogens (tertiary/aromatic N) is 1. The second kappa shape index (κ2) is 5.80. The predicted octanol–water partition coefficient (Wildman–Crippen LogP) is 0.633. The Morgan fingerprint density at radius 2 is 2.24 bits per heavy atom. The molecule has 4 nitrogen and oxygen atoms in total. The third-order valence-electron chi connectivity index (χ3n) is 3.01. The first-order chi connectivity index (χ1) is 8.27. The van der Waals surface area contributed by atoms with Gasteiger partial charge in [0.15, 0.2) is 0 Å². The van der Waals surface area contributed by atoms with Crippen molar-refractivity contribution in [1.82, 2.24) is 10.2 Å². The second-order valence-corrected chi connectivity index (χ2v) is 4.29. The van der Waals surface area contributed by atoms with Crippen LogP contribution in [0.25, 0.3) is 0 Å². The van der Waals surface area contributed by atoms with Crippen LogP contribution in [0.4, 0.5) is 0 Å². The molecule has 0 aliphatic carbocycles. The Balaban J connectivity index is 1.84. The zero-order valence-electron chi connectivity index (χ0n) is 10.1. The molecule has 2 rings (SSSR count). The van der Waals surface area contributed by atoms with Crippen LogP contribution in [0.15, 0.2) is 30.3 Å². The molecule has 1 heterocycles. The van der Waals surface area contributed by atoms with Crippen LogP contribution in [-0.2, 0) is 16.1 Å². The molecule has 1 aromatic rings. The molecule has 4 heteroatoms. The Morgan fingerprint density at radius 3 is 2.94 bits per heavy atom. The standard InChI is InChI=1S/C13H18N2O2/c1-15-8-7-14-9-12(15)13(16)17-10-11-5-3-2-4-6-11/h2-6,12,14H,7-10H2,1H3. The maximum absolute atomic E-state index is 11.9. The second-order valence-electron chi connectivity index (χ2n) is 4.29. The van der Waals surface area contributed by atoms with Crippen LogP contribution in [0.1, 0.15) is 5.56 Å². The zero-order chi connectivity index (χ0) is 12.1. The van der Waals surface area contributed by atoms with Crippen LogP contribution in [0.5, 0.6) is 0 Å². The highest BCUT2D eigenvalue weighted by Crippen LogP contribution is 2.06. The number of rotatable bonds is 3. The summed E-state index contributed by atoms with van der Waals surface area (Å²) in [6.07, 6.45) is 0. The molecule has 1 saturated heterocycles. The van der Waals surface area contributed by atoms with E-state index in [1.54, 1.807) is 0 Å². The third kappa shape index (κ3) is 3.28. The van der Waals surface area contributed by atoms with Crippen LogP contribution in [-0.4, -0.2) is 43.6 Å². The van der Waals surface area contributed by atoms with Crippen LogP contribution in [0, 0.1) is 0 Å². The van der Waals surface area contributed by atoms with Gasteiger partial charge in [-0.25, -0.2) is 0 Å². The quantitative estimate of drug-likeness (QED) is 0.779. The molecule has 1 unspecified atom stereocenters. The van der Waals surface area contributed by atoms with Gasteiger partial charge >= 0.3 is 5.97 Å². The largest absolute Gasteiger partial charge is 0.460 e. The molecule has 1 atom stereocenters. The molecule has 1 N–H and O–H groups in total. The van der Waals surface area contributed by atoms with Gasteiger partial charge in [0, 0.05) is 19.6 Å². The highest BCUT2D eigenvalue weighted by atomic mass is 16.5. The van der Waals surface area contributed by atoms with Crippen molar-refractivity contribution in [3.05, 3.63) is 35.9 Å². The molecule has 0 spiro atoms. The molecule has 0 aromatic heterocycles. The van der Waals surface area contributed by atoms with Gasteiger partial charge in [0.25, 0.3) is 0 Å². The van der Waals surface area contributed by atoms with Crippen LogP contribution in [0.2, 0.25) is 0 Å². The lowest BCUT2D eigenvalue weighted by atomic mass is 10.2. The van der Waals surface area contributed by atoms with Crippen molar-refractivity contribution in [1.29, 1.82) is 0 Å². The predicted molar refractivity (Wildman–Crippen MR) is 65.5 cm³/mol. The molecule has 92 valence electrons. The lowest BCUT2D eigenvalue weighted by molar-refractivity contribution is -0.151. The van der Waals surface area contributed by atoms with Gasteiger partial charge in [-0.1, -0.05) is 30.3 Å². The zero-order valence-corrected chi connectivity index (χ0v) is 10.1. The summed E-state index contributed by atoms with van der Waals surface area (Å²) >= 11 is 0. The fourth-order valence-electron chi connectivity index (χ4n) is 1.89. The number of hydrogen-bond acceptors (Lipinski definition) is 4. The minimum absolute atomic E-state index is 0.149. The van der Waals surface area contributed by atoms with Gasteiger partial charge in [0.05, 0.1) is 0 Å². The van der Waals surface area contributed by atoms with E-state index in [-0.39, 0.29) is 12.0 Å². The average Bonchev–Trinajstić information content (AvgIpc) is 2.38. The number of hydrogen-bond donors (Lipinski definition) is 1. The lowest BCUT2D eigenvalue weighted by Gasteiger charge is -2.31. The maximum atomic E-state index is 11.9. The van der Waals surface area contributed by atoms with Crippen molar-refractivity contribution in [2.24, 2.45) is 0 Å². The summed E-state index contributed by atoms with van der Waals surface area (Å²) in [6.45, 7) is 2.83. The maximum Gasteiger partial charge on any atom is 0.325 e. The number of carbonyl (C=O) groups is 1. The van der Waals surface area contributed by atoms with Gasteiger partial charge in [0.2, 0.25) is 0 Å². The van der Waals surface area contributed by atoms with Crippen molar-refractivity contribution in [3.63, 3.8) is 0 Å². The summed E-state index contributed by atoms with van der Waals surface area (Å²) in [5.41, 5.74) is 1.02. The van der Waals surface area contributed by atoms with E-state index in [0.717, 1.165) is 18.7 Å². The Hall–Kier alpha value is -1.39. The van der Waals surface area contributed by atoms with E-state index in [9.17, 15) is 4.79 Å². The van der Waals surface area contributed by atoms with E-state index in [4.69, 9.17) is 4.74 Å². The summed E-state index contributed by atoms with van der Waals surface area (Å²) < 4.78 is 5.32. The number of carbonyl (C=O) groups excluding carboxylic acids is 1. The highest BCUT2D eigenvalue weighted by molar-refractivity contribution is 5.76. The first-order valence-electron chi connectivity index (χ1n) is 5.89. The average molecular weight is 234 g/mol. The summed E-state index contributed by atoms with van der Waals surface area (Å²) in [7, 11) is 1.95. The first kappa shape index (κ1) is 12.1. The molecular formula is C13H18N2O2. The molecule has 1 fully saturated rings. The molecule has 1 aliphatic rings.